The Balaban J connectivity index is 1.54. The van der Waals surface area contributed by atoms with Gasteiger partial charge in [0.15, 0.2) is 0 Å². The van der Waals surface area contributed by atoms with E-state index in [9.17, 15) is 8.78 Å². The Hall–Kier alpha value is -0.520. The first-order chi connectivity index (χ1) is 11.1. The van der Waals surface area contributed by atoms with Crippen molar-refractivity contribution >= 4 is 11.3 Å². The summed E-state index contributed by atoms with van der Waals surface area (Å²) in [7, 11) is 0. The zero-order valence-electron chi connectivity index (χ0n) is 13.7. The van der Waals surface area contributed by atoms with Crippen molar-refractivity contribution in [2.24, 2.45) is 5.92 Å². The van der Waals surface area contributed by atoms with E-state index in [1.54, 1.807) is 11.3 Å². The molecule has 0 N–H and O–H groups in total. The molecule has 23 heavy (non-hydrogen) atoms. The predicted octanol–water partition coefficient (Wildman–Crippen LogP) is 4.22. The van der Waals surface area contributed by atoms with E-state index in [0.29, 0.717) is 6.04 Å². The summed E-state index contributed by atoms with van der Waals surface area (Å²) in [6, 6.07) is 2.52. The topological polar surface area (TPSA) is 12.5 Å². The first kappa shape index (κ1) is 16.0. The smallest absolute Gasteiger partial charge is 0.243 e. The third-order valence-corrected chi connectivity index (χ3v) is 7.01. The predicted molar refractivity (Wildman–Crippen MR) is 88.4 cm³/mol. The lowest BCUT2D eigenvalue weighted by Gasteiger charge is -2.47. The van der Waals surface area contributed by atoms with Gasteiger partial charge in [-0.1, -0.05) is 0 Å². The molecule has 0 aromatic carbocycles. The van der Waals surface area contributed by atoms with Crippen molar-refractivity contribution in [3.05, 3.63) is 21.4 Å². The number of fused-ring (bicyclic) bond motifs is 2. The minimum atomic E-state index is -2.26. The van der Waals surface area contributed by atoms with Gasteiger partial charge in [-0.25, -0.2) is 8.78 Å². The monoisotopic (exact) mass is 341 g/mol. The van der Waals surface area contributed by atoms with Gasteiger partial charge in [-0.2, -0.15) is 0 Å². The normalized spacial score (nSPS) is 31.7. The van der Waals surface area contributed by atoms with Crippen LogP contribution < -0.4 is 0 Å². The summed E-state index contributed by atoms with van der Waals surface area (Å²) >= 11 is 1.58. The summed E-state index contributed by atoms with van der Waals surface area (Å²) in [4.78, 5) is 4.68. The van der Waals surface area contributed by atoms with Crippen LogP contribution in [0.4, 0.5) is 8.78 Å². The zero-order chi connectivity index (χ0) is 16.0. The summed E-state index contributed by atoms with van der Waals surface area (Å²) in [5.41, 5.74) is 1.05. The molecule has 1 saturated carbocycles. The lowest BCUT2D eigenvalue weighted by atomic mass is 9.82. The summed E-state index contributed by atoms with van der Waals surface area (Å²) < 4.78 is 31.7. The van der Waals surface area contributed by atoms with Gasteiger partial charge >= 0.3 is 0 Å². The molecule has 5 heteroatoms. The van der Waals surface area contributed by atoms with Crippen molar-refractivity contribution in [3.8, 4) is 0 Å². The Kier molecular flexibility index (Phi) is 4.23. The van der Waals surface area contributed by atoms with Crippen LogP contribution in [0.15, 0.2) is 6.07 Å². The first-order valence-electron chi connectivity index (χ1n) is 8.84. The van der Waals surface area contributed by atoms with Gasteiger partial charge in [-0.05, 0) is 56.6 Å². The van der Waals surface area contributed by atoms with Crippen molar-refractivity contribution < 1.29 is 13.5 Å². The molecule has 1 aliphatic carbocycles. The number of likely N-dealkylation sites (tertiary alicyclic amines) is 1. The van der Waals surface area contributed by atoms with Crippen molar-refractivity contribution in [1.82, 2.24) is 4.90 Å². The number of piperidine rings is 1. The molecule has 0 amide bonds. The zero-order valence-corrected chi connectivity index (χ0v) is 14.5. The first-order valence-corrected chi connectivity index (χ1v) is 9.65. The highest BCUT2D eigenvalue weighted by Crippen LogP contribution is 2.47. The number of halogens is 2. The average Bonchev–Trinajstić information content (AvgIpc) is 3.21. The standard InChI is InChI=1S/C18H25F2NOS/c1-12-10-18(5-6-21(12)11-13-2-3-13)17-14(4-7-22-18)8-15(23-17)9-16(19)20/h8,12-13,16H,2-7,9-11H2,1H3/t12-,18+/m0/s1. The second kappa shape index (κ2) is 6.08. The van der Waals surface area contributed by atoms with Gasteiger partial charge in [0.25, 0.3) is 0 Å². The van der Waals surface area contributed by atoms with Gasteiger partial charge in [-0.3, -0.25) is 0 Å². The molecule has 0 radical (unpaired) electrons. The van der Waals surface area contributed by atoms with Gasteiger partial charge in [0.05, 0.1) is 6.61 Å². The Morgan fingerprint density at radius 1 is 1.43 bits per heavy atom. The molecule has 3 heterocycles. The maximum atomic E-state index is 12.7. The Morgan fingerprint density at radius 3 is 2.96 bits per heavy atom. The van der Waals surface area contributed by atoms with E-state index in [0.717, 1.165) is 43.2 Å². The number of thiophene rings is 1. The number of rotatable bonds is 4. The second-order valence-electron chi connectivity index (χ2n) is 7.50. The highest BCUT2D eigenvalue weighted by molar-refractivity contribution is 7.12. The third-order valence-electron chi connectivity index (χ3n) is 5.62. The summed E-state index contributed by atoms with van der Waals surface area (Å²) in [5.74, 6) is 0.911. The number of hydrogen-bond acceptors (Lipinski definition) is 3. The van der Waals surface area contributed by atoms with E-state index >= 15 is 0 Å². The largest absolute Gasteiger partial charge is 0.369 e. The van der Waals surface area contributed by atoms with E-state index in [1.165, 1.54) is 29.8 Å². The molecule has 1 aromatic heterocycles. The molecule has 1 saturated heterocycles. The van der Waals surface area contributed by atoms with Crippen LogP contribution >= 0.6 is 11.3 Å². The van der Waals surface area contributed by atoms with Gasteiger partial charge in [0.1, 0.15) is 5.60 Å². The Labute approximate surface area is 140 Å². The Bertz CT molecular complexity index is 571. The van der Waals surface area contributed by atoms with Crippen LogP contribution in [-0.2, 0) is 23.2 Å². The molecule has 0 unspecified atom stereocenters. The average molecular weight is 341 g/mol. The molecule has 2 atom stereocenters. The number of alkyl halides is 2. The van der Waals surface area contributed by atoms with Gasteiger partial charge in [0.2, 0.25) is 6.43 Å². The molecule has 2 aliphatic heterocycles. The van der Waals surface area contributed by atoms with Gasteiger partial charge in [-0.15, -0.1) is 11.3 Å². The SMILES string of the molecule is C[C@H]1C[C@@]2(CCN1CC1CC1)OCCc1cc(CC(F)F)sc12. The highest BCUT2D eigenvalue weighted by atomic mass is 32.1. The van der Waals surface area contributed by atoms with Crippen molar-refractivity contribution in [2.45, 2.75) is 63.5 Å². The quantitative estimate of drug-likeness (QED) is 0.813. The van der Waals surface area contributed by atoms with E-state index in [1.807, 2.05) is 6.07 Å². The molecule has 1 spiro atoms. The minimum absolute atomic E-state index is 0.114. The Morgan fingerprint density at radius 2 is 2.26 bits per heavy atom. The van der Waals surface area contributed by atoms with Gasteiger partial charge < -0.3 is 9.64 Å². The van der Waals surface area contributed by atoms with Crippen LogP contribution in [0.3, 0.4) is 0 Å². The van der Waals surface area contributed by atoms with E-state index < -0.39 is 6.43 Å². The fourth-order valence-electron chi connectivity index (χ4n) is 4.23. The molecule has 1 aromatic rings. The molecule has 3 aliphatic rings. The van der Waals surface area contributed by atoms with Crippen molar-refractivity contribution in [2.75, 3.05) is 19.7 Å². The fourth-order valence-corrected chi connectivity index (χ4v) is 5.62. The molecular weight excluding hydrogens is 316 g/mol. The third kappa shape index (κ3) is 3.20. The second-order valence-corrected chi connectivity index (χ2v) is 8.63. The lowest BCUT2D eigenvalue weighted by Crippen LogP contribution is -2.50. The van der Waals surface area contributed by atoms with E-state index in [2.05, 4.69) is 11.8 Å². The highest BCUT2D eigenvalue weighted by Gasteiger charge is 2.45. The fraction of sp³-hybridized carbons (Fsp3) is 0.778. The van der Waals surface area contributed by atoms with Crippen LogP contribution in [0, 0.1) is 5.92 Å². The summed E-state index contributed by atoms with van der Waals surface area (Å²) in [6.07, 6.45) is 3.28. The lowest BCUT2D eigenvalue weighted by molar-refractivity contribution is -0.109. The van der Waals surface area contributed by atoms with E-state index in [-0.39, 0.29) is 12.0 Å². The summed E-state index contributed by atoms with van der Waals surface area (Å²) in [5, 5.41) is 0. The minimum Gasteiger partial charge on any atom is -0.369 e. The van der Waals surface area contributed by atoms with Gasteiger partial charge in [0, 0.05) is 35.3 Å². The molecule has 2 fully saturated rings. The molecule has 128 valence electrons. The molecular formula is C18H25F2NOS. The maximum absolute atomic E-state index is 12.7. The molecule has 0 bridgehead atoms. The number of ether oxygens (including phenoxy) is 1. The number of nitrogens with zero attached hydrogens (tertiary/aromatic N) is 1. The van der Waals surface area contributed by atoms with Crippen molar-refractivity contribution in [3.63, 3.8) is 0 Å². The number of hydrogen-bond donors (Lipinski definition) is 0. The van der Waals surface area contributed by atoms with Crippen LogP contribution in [0.1, 0.15) is 47.9 Å². The van der Waals surface area contributed by atoms with Crippen LogP contribution in [0.25, 0.3) is 0 Å². The van der Waals surface area contributed by atoms with Crippen LogP contribution in [-0.4, -0.2) is 37.1 Å². The van der Waals surface area contributed by atoms with Crippen LogP contribution in [0.5, 0.6) is 0 Å². The summed E-state index contributed by atoms with van der Waals surface area (Å²) in [6.45, 7) is 5.33. The molecule has 4 rings (SSSR count). The maximum Gasteiger partial charge on any atom is 0.243 e. The van der Waals surface area contributed by atoms with Crippen molar-refractivity contribution in [1.29, 1.82) is 0 Å². The van der Waals surface area contributed by atoms with E-state index in [4.69, 9.17) is 4.74 Å². The van der Waals surface area contributed by atoms with Crippen LogP contribution in [0.2, 0.25) is 0 Å². The molecule has 2 nitrogen and oxygen atoms in total.